The van der Waals surface area contributed by atoms with E-state index in [0.717, 1.165) is 25.2 Å². The van der Waals surface area contributed by atoms with Crippen LogP contribution in [0.2, 0.25) is 0 Å². The summed E-state index contributed by atoms with van der Waals surface area (Å²) in [5, 5.41) is 3.33. The Hall–Kier alpha value is -1.51. The molecule has 3 nitrogen and oxygen atoms in total. The lowest BCUT2D eigenvalue weighted by atomic mass is 9.90. The highest BCUT2D eigenvalue weighted by Crippen LogP contribution is 2.27. The molecule has 1 aliphatic carbocycles. The van der Waals surface area contributed by atoms with Gasteiger partial charge in [0.2, 0.25) is 5.91 Å². The smallest absolute Gasteiger partial charge is 0.241 e. The predicted octanol–water partition coefficient (Wildman–Crippen LogP) is 2.85. The summed E-state index contributed by atoms with van der Waals surface area (Å²) in [5.41, 5.74) is 4.02. The van der Waals surface area contributed by atoms with Crippen molar-refractivity contribution in [2.45, 2.75) is 39.5 Å². The summed E-state index contributed by atoms with van der Waals surface area (Å²) >= 11 is 0. The number of aryl methyl sites for hydroxylation is 1. The molecule has 1 aromatic rings. The minimum absolute atomic E-state index is 0.179. The molecule has 0 atom stereocenters. The molecule has 1 amide bonds. The fourth-order valence-electron chi connectivity index (χ4n) is 2.81. The normalized spacial score (nSPS) is 13.8. The zero-order valence-electron chi connectivity index (χ0n) is 12.0. The van der Waals surface area contributed by atoms with Crippen molar-refractivity contribution < 1.29 is 4.79 Å². The lowest BCUT2D eigenvalue weighted by Crippen LogP contribution is -2.35. The Morgan fingerprint density at radius 2 is 1.95 bits per heavy atom. The molecule has 0 bridgehead atoms. The second-order valence-electron chi connectivity index (χ2n) is 5.07. The quantitative estimate of drug-likeness (QED) is 0.883. The number of anilines is 1. The van der Waals surface area contributed by atoms with Crippen molar-refractivity contribution in [2.24, 2.45) is 0 Å². The molecule has 0 aliphatic heterocycles. The molecule has 104 valence electrons. The lowest BCUT2D eigenvalue weighted by molar-refractivity contribution is -0.128. The summed E-state index contributed by atoms with van der Waals surface area (Å²) in [6.45, 7) is 6.00. The van der Waals surface area contributed by atoms with Gasteiger partial charge in [-0.05, 0) is 56.7 Å². The van der Waals surface area contributed by atoms with E-state index in [2.05, 4.69) is 23.5 Å². The van der Waals surface area contributed by atoms with Gasteiger partial charge < -0.3 is 10.2 Å². The number of rotatable bonds is 5. The van der Waals surface area contributed by atoms with E-state index in [9.17, 15) is 4.79 Å². The monoisotopic (exact) mass is 260 g/mol. The highest BCUT2D eigenvalue weighted by Gasteiger charge is 2.14. The van der Waals surface area contributed by atoms with Gasteiger partial charge in [0.25, 0.3) is 0 Å². The molecule has 3 heteroatoms. The van der Waals surface area contributed by atoms with Crippen LogP contribution in [0.15, 0.2) is 18.2 Å². The van der Waals surface area contributed by atoms with Gasteiger partial charge >= 0.3 is 0 Å². The number of nitrogens with one attached hydrogen (secondary N) is 1. The Labute approximate surface area is 116 Å². The van der Waals surface area contributed by atoms with Crippen LogP contribution in [0.1, 0.15) is 37.8 Å². The molecule has 1 aliphatic rings. The Morgan fingerprint density at radius 3 is 2.68 bits per heavy atom. The molecule has 0 saturated carbocycles. The molecule has 0 heterocycles. The van der Waals surface area contributed by atoms with Crippen LogP contribution in [0, 0.1) is 0 Å². The number of carbonyl (C=O) groups is 1. The average molecular weight is 260 g/mol. The van der Waals surface area contributed by atoms with Gasteiger partial charge in [-0.25, -0.2) is 0 Å². The van der Waals surface area contributed by atoms with E-state index in [1.165, 1.54) is 30.4 Å². The van der Waals surface area contributed by atoms with Gasteiger partial charge in [0.05, 0.1) is 6.54 Å². The molecule has 0 radical (unpaired) electrons. The summed E-state index contributed by atoms with van der Waals surface area (Å²) in [6, 6.07) is 6.40. The van der Waals surface area contributed by atoms with Crippen molar-refractivity contribution in [3.8, 4) is 0 Å². The summed E-state index contributed by atoms with van der Waals surface area (Å²) < 4.78 is 0. The largest absolute Gasteiger partial charge is 0.376 e. The minimum atomic E-state index is 0.179. The Kier molecular flexibility index (Phi) is 4.83. The van der Waals surface area contributed by atoms with Gasteiger partial charge in [-0.2, -0.15) is 0 Å². The number of amides is 1. The van der Waals surface area contributed by atoms with Gasteiger partial charge in [0.1, 0.15) is 0 Å². The van der Waals surface area contributed by atoms with E-state index in [1.54, 1.807) is 0 Å². The van der Waals surface area contributed by atoms with Gasteiger partial charge in [0, 0.05) is 18.8 Å². The van der Waals surface area contributed by atoms with Gasteiger partial charge in [-0.15, -0.1) is 0 Å². The predicted molar refractivity (Wildman–Crippen MR) is 79.5 cm³/mol. The molecule has 0 saturated heterocycles. The molecule has 0 spiro atoms. The summed E-state index contributed by atoms with van der Waals surface area (Å²) in [5.74, 6) is 0.179. The van der Waals surface area contributed by atoms with E-state index in [-0.39, 0.29) is 5.91 Å². The maximum Gasteiger partial charge on any atom is 0.241 e. The van der Waals surface area contributed by atoms with Crippen LogP contribution in [0.5, 0.6) is 0 Å². The molecule has 0 fully saturated rings. The first kappa shape index (κ1) is 13.9. The zero-order valence-corrected chi connectivity index (χ0v) is 12.0. The summed E-state index contributed by atoms with van der Waals surface area (Å²) in [4.78, 5) is 13.9. The third kappa shape index (κ3) is 3.28. The van der Waals surface area contributed by atoms with Crippen molar-refractivity contribution in [1.82, 2.24) is 4.90 Å². The lowest BCUT2D eigenvalue weighted by Gasteiger charge is -2.22. The third-order valence-corrected chi connectivity index (χ3v) is 3.94. The number of benzene rings is 1. The second kappa shape index (κ2) is 6.60. The van der Waals surface area contributed by atoms with Crippen LogP contribution in [0.3, 0.4) is 0 Å². The maximum absolute atomic E-state index is 12.0. The van der Waals surface area contributed by atoms with Crippen molar-refractivity contribution in [1.29, 1.82) is 0 Å². The molecular formula is C16H24N2O. The van der Waals surface area contributed by atoms with Gasteiger partial charge in [0.15, 0.2) is 0 Å². The summed E-state index contributed by atoms with van der Waals surface area (Å²) in [7, 11) is 0. The first-order valence-corrected chi connectivity index (χ1v) is 7.38. The average Bonchev–Trinajstić information content (AvgIpc) is 2.46. The van der Waals surface area contributed by atoms with Crippen LogP contribution in [-0.2, 0) is 17.6 Å². The fourth-order valence-corrected chi connectivity index (χ4v) is 2.81. The number of hydrogen-bond donors (Lipinski definition) is 1. The number of likely N-dealkylation sites (N-methyl/N-ethyl adjacent to an activating group) is 1. The van der Waals surface area contributed by atoms with Gasteiger partial charge in [-0.3, -0.25) is 4.79 Å². The van der Waals surface area contributed by atoms with Gasteiger partial charge in [-0.1, -0.05) is 12.1 Å². The number of hydrogen-bond acceptors (Lipinski definition) is 2. The van der Waals surface area contributed by atoms with Crippen LogP contribution in [0.4, 0.5) is 5.69 Å². The highest BCUT2D eigenvalue weighted by molar-refractivity contribution is 5.81. The third-order valence-electron chi connectivity index (χ3n) is 3.94. The van der Waals surface area contributed by atoms with E-state index in [4.69, 9.17) is 0 Å². The van der Waals surface area contributed by atoms with Crippen molar-refractivity contribution in [3.63, 3.8) is 0 Å². The first-order chi connectivity index (χ1) is 9.26. The zero-order chi connectivity index (χ0) is 13.7. The van der Waals surface area contributed by atoms with Crippen molar-refractivity contribution >= 4 is 11.6 Å². The van der Waals surface area contributed by atoms with Crippen molar-refractivity contribution in [3.05, 3.63) is 29.3 Å². The number of fused-ring (bicyclic) bond motifs is 1. The molecule has 1 aromatic carbocycles. The molecule has 2 rings (SSSR count). The molecule has 0 aromatic heterocycles. The van der Waals surface area contributed by atoms with Crippen LogP contribution in [0.25, 0.3) is 0 Å². The van der Waals surface area contributed by atoms with Crippen LogP contribution in [-0.4, -0.2) is 30.4 Å². The van der Waals surface area contributed by atoms with Crippen LogP contribution < -0.4 is 5.32 Å². The number of carbonyl (C=O) groups excluding carboxylic acids is 1. The van der Waals surface area contributed by atoms with Crippen molar-refractivity contribution in [2.75, 3.05) is 25.0 Å². The first-order valence-electron chi connectivity index (χ1n) is 7.38. The minimum Gasteiger partial charge on any atom is -0.376 e. The van der Waals surface area contributed by atoms with Crippen LogP contribution >= 0.6 is 0 Å². The Morgan fingerprint density at radius 1 is 1.21 bits per heavy atom. The highest BCUT2D eigenvalue weighted by atomic mass is 16.2. The summed E-state index contributed by atoms with van der Waals surface area (Å²) in [6.07, 6.45) is 4.86. The van der Waals surface area contributed by atoms with E-state index in [0.29, 0.717) is 6.54 Å². The molecule has 19 heavy (non-hydrogen) atoms. The maximum atomic E-state index is 12.0. The Bertz CT molecular complexity index is 438. The van der Waals surface area contributed by atoms with E-state index >= 15 is 0 Å². The Balaban J connectivity index is 2.02. The topological polar surface area (TPSA) is 32.3 Å². The molecular weight excluding hydrogens is 236 g/mol. The standard InChI is InChI=1S/C16H24N2O/c1-3-18(4-2)16(19)12-17-15-11-7-9-13-8-5-6-10-14(13)15/h7,9,11,17H,3-6,8,10,12H2,1-2H3. The molecule has 1 N–H and O–H groups in total. The molecule has 0 unspecified atom stereocenters. The van der Waals surface area contributed by atoms with E-state index in [1.807, 2.05) is 18.7 Å². The fraction of sp³-hybridized carbons (Fsp3) is 0.562. The number of nitrogens with zero attached hydrogens (tertiary/aromatic N) is 1. The van der Waals surface area contributed by atoms with E-state index < -0.39 is 0 Å². The SMILES string of the molecule is CCN(CC)C(=O)CNc1cccc2c1CCCC2. The second-order valence-corrected chi connectivity index (χ2v) is 5.07.